The predicted molar refractivity (Wildman–Crippen MR) is 73.9 cm³/mol. The van der Waals surface area contributed by atoms with E-state index in [0.717, 1.165) is 44.9 Å². The molecule has 0 heterocycles. The van der Waals surface area contributed by atoms with Gasteiger partial charge in [0.05, 0.1) is 0 Å². The van der Waals surface area contributed by atoms with Gasteiger partial charge in [0.25, 0.3) is 0 Å². The first kappa shape index (κ1) is 15.8. The van der Waals surface area contributed by atoms with Crippen LogP contribution in [0.2, 0.25) is 0 Å². The van der Waals surface area contributed by atoms with Crippen molar-refractivity contribution >= 4 is 12.0 Å². The average molecular weight is 270 g/mol. The summed E-state index contributed by atoms with van der Waals surface area (Å²) in [5.74, 6) is -0.149. The minimum absolute atomic E-state index is 0.00817. The number of nitrogens with one attached hydrogen (secondary N) is 2. The van der Waals surface area contributed by atoms with Gasteiger partial charge in [-0.25, -0.2) is 4.79 Å². The zero-order valence-electron chi connectivity index (χ0n) is 12.0. The van der Waals surface area contributed by atoms with E-state index < -0.39 is 6.09 Å². The van der Waals surface area contributed by atoms with Crippen LogP contribution >= 0.6 is 0 Å². The number of carbonyl (C=O) groups is 2. The van der Waals surface area contributed by atoms with Gasteiger partial charge >= 0.3 is 6.09 Å². The highest BCUT2D eigenvalue weighted by atomic mass is 16.6. The van der Waals surface area contributed by atoms with Gasteiger partial charge < -0.3 is 15.4 Å². The van der Waals surface area contributed by atoms with E-state index in [9.17, 15) is 9.59 Å². The first-order chi connectivity index (χ1) is 9.15. The van der Waals surface area contributed by atoms with Crippen LogP contribution < -0.4 is 10.6 Å². The van der Waals surface area contributed by atoms with E-state index in [1.165, 1.54) is 0 Å². The minimum Gasteiger partial charge on any atom is -0.446 e. The van der Waals surface area contributed by atoms with E-state index in [1.807, 2.05) is 6.92 Å². The maximum atomic E-state index is 11.6. The largest absolute Gasteiger partial charge is 0.446 e. The van der Waals surface area contributed by atoms with Gasteiger partial charge in [0.2, 0.25) is 5.91 Å². The summed E-state index contributed by atoms with van der Waals surface area (Å²) in [5.41, 5.74) is 0. The number of rotatable bonds is 7. The van der Waals surface area contributed by atoms with Crippen LogP contribution in [0.5, 0.6) is 0 Å². The zero-order valence-corrected chi connectivity index (χ0v) is 12.0. The molecule has 110 valence electrons. The first-order valence-electron chi connectivity index (χ1n) is 7.39. The summed E-state index contributed by atoms with van der Waals surface area (Å²) in [6, 6.07) is 0.199. The van der Waals surface area contributed by atoms with E-state index >= 15 is 0 Å². The normalized spacial score (nSPS) is 16.9. The van der Waals surface area contributed by atoms with Crippen LogP contribution in [0.15, 0.2) is 0 Å². The van der Waals surface area contributed by atoms with Gasteiger partial charge in [-0.1, -0.05) is 20.3 Å². The Morgan fingerprint density at radius 1 is 1.26 bits per heavy atom. The first-order valence-corrected chi connectivity index (χ1v) is 7.39. The molecule has 0 aromatic carbocycles. The molecule has 1 fully saturated rings. The number of alkyl carbamates (subject to hydrolysis) is 1. The second-order valence-electron chi connectivity index (χ2n) is 5.13. The Balaban J connectivity index is 2.15. The number of hydrogen-bond donors (Lipinski definition) is 2. The second-order valence-corrected chi connectivity index (χ2v) is 5.13. The summed E-state index contributed by atoms with van der Waals surface area (Å²) >= 11 is 0. The van der Waals surface area contributed by atoms with Crippen molar-refractivity contribution in [1.82, 2.24) is 10.6 Å². The van der Waals surface area contributed by atoms with E-state index in [-0.39, 0.29) is 24.6 Å². The van der Waals surface area contributed by atoms with Crippen LogP contribution in [-0.4, -0.2) is 30.7 Å². The lowest BCUT2D eigenvalue weighted by atomic mass is 10.1. The van der Waals surface area contributed by atoms with Crippen LogP contribution in [0.4, 0.5) is 4.79 Å². The van der Waals surface area contributed by atoms with Crippen LogP contribution in [0.1, 0.15) is 58.8 Å². The molecule has 0 bridgehead atoms. The van der Waals surface area contributed by atoms with Crippen molar-refractivity contribution in [3.05, 3.63) is 0 Å². The lowest BCUT2D eigenvalue weighted by molar-refractivity contribution is -0.121. The van der Waals surface area contributed by atoms with E-state index in [2.05, 4.69) is 17.6 Å². The molecule has 19 heavy (non-hydrogen) atoms. The Bertz CT molecular complexity index is 288. The third-order valence-corrected chi connectivity index (χ3v) is 3.46. The van der Waals surface area contributed by atoms with E-state index in [4.69, 9.17) is 4.74 Å². The lowest BCUT2D eigenvalue weighted by Crippen LogP contribution is -2.42. The Morgan fingerprint density at radius 3 is 2.53 bits per heavy atom. The monoisotopic (exact) mass is 270 g/mol. The summed E-state index contributed by atoms with van der Waals surface area (Å²) < 4.78 is 5.21. The standard InChI is InChI=1S/C14H26N2O3/c1-3-7-11(4-2)16-13(17)10-15-14(18)19-12-8-5-6-9-12/h11-12H,3-10H2,1-2H3,(H,15,18)(H,16,17)/t11-/m1/s1. The molecule has 0 saturated heterocycles. The molecule has 1 aliphatic rings. The highest BCUT2D eigenvalue weighted by molar-refractivity contribution is 5.82. The summed E-state index contributed by atoms with van der Waals surface area (Å²) in [5, 5.41) is 5.42. The zero-order chi connectivity index (χ0) is 14.1. The highest BCUT2D eigenvalue weighted by Gasteiger charge is 2.19. The van der Waals surface area contributed by atoms with Gasteiger partial charge in [0.15, 0.2) is 0 Å². The van der Waals surface area contributed by atoms with Gasteiger partial charge in [-0.3, -0.25) is 4.79 Å². The quantitative estimate of drug-likeness (QED) is 0.746. The number of hydrogen-bond acceptors (Lipinski definition) is 3. The third-order valence-electron chi connectivity index (χ3n) is 3.46. The van der Waals surface area contributed by atoms with Crippen molar-refractivity contribution in [2.24, 2.45) is 0 Å². The Labute approximate surface area is 115 Å². The average Bonchev–Trinajstić information content (AvgIpc) is 2.88. The molecule has 5 nitrogen and oxygen atoms in total. The molecule has 0 spiro atoms. The number of ether oxygens (including phenoxy) is 1. The smallest absolute Gasteiger partial charge is 0.407 e. The lowest BCUT2D eigenvalue weighted by Gasteiger charge is -2.16. The molecule has 5 heteroatoms. The SMILES string of the molecule is CCC[C@@H](CC)NC(=O)CNC(=O)OC1CCCC1. The van der Waals surface area contributed by atoms with Crippen LogP contribution in [-0.2, 0) is 9.53 Å². The van der Waals surface area contributed by atoms with E-state index in [1.54, 1.807) is 0 Å². The van der Waals surface area contributed by atoms with Crippen molar-refractivity contribution in [2.75, 3.05) is 6.54 Å². The predicted octanol–water partition coefficient (Wildman–Crippen LogP) is 2.35. The summed E-state index contributed by atoms with van der Waals surface area (Å²) in [6.45, 7) is 4.13. The molecule has 2 N–H and O–H groups in total. The molecule has 0 aromatic heterocycles. The Hall–Kier alpha value is -1.26. The molecule has 2 amide bonds. The maximum Gasteiger partial charge on any atom is 0.407 e. The van der Waals surface area contributed by atoms with Crippen molar-refractivity contribution in [3.8, 4) is 0 Å². The van der Waals surface area contributed by atoms with Crippen LogP contribution in [0.25, 0.3) is 0 Å². The molecule has 1 atom stereocenters. The molecular weight excluding hydrogens is 244 g/mol. The van der Waals surface area contributed by atoms with Gasteiger partial charge in [0.1, 0.15) is 12.6 Å². The highest BCUT2D eigenvalue weighted by Crippen LogP contribution is 2.20. The molecule has 0 aliphatic heterocycles. The van der Waals surface area contributed by atoms with Crippen molar-refractivity contribution < 1.29 is 14.3 Å². The third kappa shape index (κ3) is 6.45. The van der Waals surface area contributed by atoms with Gasteiger partial charge in [-0.05, 0) is 38.5 Å². The fourth-order valence-electron chi connectivity index (χ4n) is 2.36. The van der Waals surface area contributed by atoms with Gasteiger partial charge in [-0.15, -0.1) is 0 Å². The Morgan fingerprint density at radius 2 is 1.95 bits per heavy atom. The topological polar surface area (TPSA) is 67.4 Å². The molecule has 0 unspecified atom stereocenters. The van der Waals surface area contributed by atoms with Crippen molar-refractivity contribution in [1.29, 1.82) is 0 Å². The van der Waals surface area contributed by atoms with Gasteiger partial charge in [0, 0.05) is 6.04 Å². The maximum absolute atomic E-state index is 11.6. The Kier molecular flexibility index (Phi) is 7.30. The molecule has 1 saturated carbocycles. The van der Waals surface area contributed by atoms with E-state index in [0.29, 0.717) is 0 Å². The van der Waals surface area contributed by atoms with Crippen LogP contribution in [0.3, 0.4) is 0 Å². The molecule has 0 radical (unpaired) electrons. The van der Waals surface area contributed by atoms with Crippen LogP contribution in [0, 0.1) is 0 Å². The minimum atomic E-state index is -0.481. The summed E-state index contributed by atoms with van der Waals surface area (Å²) in [6.07, 6.45) is 6.58. The molecule has 1 rings (SSSR count). The molecule has 0 aromatic rings. The molecule has 1 aliphatic carbocycles. The van der Waals surface area contributed by atoms with Crippen molar-refractivity contribution in [2.45, 2.75) is 70.9 Å². The van der Waals surface area contributed by atoms with Gasteiger partial charge in [-0.2, -0.15) is 0 Å². The number of amides is 2. The fourth-order valence-corrected chi connectivity index (χ4v) is 2.36. The second kappa shape index (κ2) is 8.77. The molecular formula is C14H26N2O3. The van der Waals surface area contributed by atoms with Crippen molar-refractivity contribution in [3.63, 3.8) is 0 Å². The summed E-state index contributed by atoms with van der Waals surface area (Å²) in [7, 11) is 0. The number of carbonyl (C=O) groups excluding carboxylic acids is 2. The fraction of sp³-hybridized carbons (Fsp3) is 0.857. The summed E-state index contributed by atoms with van der Waals surface area (Å²) in [4.78, 5) is 23.1.